The van der Waals surface area contributed by atoms with E-state index < -0.39 is 0 Å². The first-order valence-electron chi connectivity index (χ1n) is 8.83. The van der Waals surface area contributed by atoms with Gasteiger partial charge in [0.15, 0.2) is 11.5 Å². The van der Waals surface area contributed by atoms with Crippen molar-refractivity contribution in [3.8, 4) is 11.5 Å². The molecule has 0 aliphatic heterocycles. The molecule has 1 aliphatic carbocycles. The monoisotopic (exact) mass is 373 g/mol. The summed E-state index contributed by atoms with van der Waals surface area (Å²) in [5.41, 5.74) is 2.10. The van der Waals surface area contributed by atoms with E-state index >= 15 is 0 Å². The standard InChI is InChI=1S/C21H24ClNO3/c1-4-23(13-14-9-10-19(25-2)20(11-14)26-3)21(24)17-12-16(17)15-7-5-6-8-18(15)22/h5-11,16-17H,4,12-13H2,1-3H3. The summed E-state index contributed by atoms with van der Waals surface area (Å²) in [6.07, 6.45) is 0.866. The Bertz CT molecular complexity index is 793. The molecule has 2 atom stereocenters. The summed E-state index contributed by atoms with van der Waals surface area (Å²) in [6.45, 7) is 3.23. The summed E-state index contributed by atoms with van der Waals surface area (Å²) in [7, 11) is 3.23. The van der Waals surface area contributed by atoms with E-state index in [4.69, 9.17) is 21.1 Å². The van der Waals surface area contributed by atoms with Gasteiger partial charge in [0.1, 0.15) is 0 Å². The molecule has 2 aromatic carbocycles. The van der Waals surface area contributed by atoms with Crippen LogP contribution in [0.4, 0.5) is 0 Å². The number of carbonyl (C=O) groups is 1. The second-order valence-electron chi connectivity index (χ2n) is 6.51. The molecule has 2 aromatic rings. The molecule has 5 heteroatoms. The molecule has 0 spiro atoms. The molecular formula is C21H24ClNO3. The van der Waals surface area contributed by atoms with Crippen molar-refractivity contribution in [3.63, 3.8) is 0 Å². The van der Waals surface area contributed by atoms with Crippen molar-refractivity contribution in [2.75, 3.05) is 20.8 Å². The maximum absolute atomic E-state index is 12.9. The van der Waals surface area contributed by atoms with E-state index in [1.807, 2.05) is 54.3 Å². The Balaban J connectivity index is 1.70. The summed E-state index contributed by atoms with van der Waals surface area (Å²) in [6, 6.07) is 13.6. The van der Waals surface area contributed by atoms with Crippen LogP contribution in [0.2, 0.25) is 5.02 Å². The number of nitrogens with zero attached hydrogens (tertiary/aromatic N) is 1. The van der Waals surface area contributed by atoms with E-state index in [1.165, 1.54) is 0 Å². The average Bonchev–Trinajstić information content (AvgIpc) is 3.46. The van der Waals surface area contributed by atoms with Crippen LogP contribution < -0.4 is 9.47 Å². The highest BCUT2D eigenvalue weighted by molar-refractivity contribution is 6.31. The number of ether oxygens (including phenoxy) is 2. The molecule has 0 aromatic heterocycles. The summed E-state index contributed by atoms with van der Waals surface area (Å²) >= 11 is 6.28. The molecular weight excluding hydrogens is 350 g/mol. The zero-order valence-corrected chi connectivity index (χ0v) is 16.1. The van der Waals surface area contributed by atoms with Crippen LogP contribution in [-0.2, 0) is 11.3 Å². The second-order valence-corrected chi connectivity index (χ2v) is 6.92. The van der Waals surface area contributed by atoms with Crippen molar-refractivity contribution >= 4 is 17.5 Å². The number of benzene rings is 2. The van der Waals surface area contributed by atoms with E-state index in [9.17, 15) is 4.79 Å². The predicted molar refractivity (Wildman–Crippen MR) is 103 cm³/mol. The van der Waals surface area contributed by atoms with Gasteiger partial charge >= 0.3 is 0 Å². The minimum atomic E-state index is 0.0231. The Hall–Kier alpha value is -2.20. The second kappa shape index (κ2) is 8.00. The fraction of sp³-hybridized carbons (Fsp3) is 0.381. The molecule has 1 aliphatic rings. The van der Waals surface area contributed by atoms with Gasteiger partial charge in [0, 0.05) is 24.0 Å². The number of rotatable bonds is 7. The van der Waals surface area contributed by atoms with Crippen LogP contribution in [0.25, 0.3) is 0 Å². The molecule has 138 valence electrons. The fourth-order valence-corrected chi connectivity index (χ4v) is 3.64. The van der Waals surface area contributed by atoms with Gasteiger partial charge in [-0.1, -0.05) is 35.9 Å². The van der Waals surface area contributed by atoms with Crippen molar-refractivity contribution < 1.29 is 14.3 Å². The Kier molecular flexibility index (Phi) is 5.72. The Morgan fingerprint density at radius 2 is 1.88 bits per heavy atom. The SMILES string of the molecule is CCN(Cc1ccc(OC)c(OC)c1)C(=O)C1CC1c1ccccc1Cl. The van der Waals surface area contributed by atoms with Crippen molar-refractivity contribution in [1.82, 2.24) is 4.90 Å². The molecule has 0 bridgehead atoms. The van der Waals surface area contributed by atoms with Gasteiger partial charge in [-0.3, -0.25) is 4.79 Å². The highest BCUT2D eigenvalue weighted by Crippen LogP contribution is 2.50. The molecule has 0 heterocycles. The van der Waals surface area contributed by atoms with Gasteiger partial charge in [-0.05, 0) is 48.6 Å². The maximum atomic E-state index is 12.9. The van der Waals surface area contributed by atoms with Crippen LogP contribution in [-0.4, -0.2) is 31.6 Å². The van der Waals surface area contributed by atoms with Crippen LogP contribution in [0.1, 0.15) is 30.4 Å². The van der Waals surface area contributed by atoms with Crippen LogP contribution >= 0.6 is 11.6 Å². The first kappa shape index (κ1) is 18.6. The predicted octanol–water partition coefficient (Wildman–Crippen LogP) is 4.51. The number of amides is 1. The van der Waals surface area contributed by atoms with Crippen LogP contribution in [0.15, 0.2) is 42.5 Å². The summed E-state index contributed by atoms with van der Waals surface area (Å²) in [5.74, 6) is 1.80. The molecule has 3 rings (SSSR count). The number of halogens is 1. The first-order valence-corrected chi connectivity index (χ1v) is 9.21. The van der Waals surface area contributed by atoms with Crippen molar-refractivity contribution in [3.05, 3.63) is 58.6 Å². The van der Waals surface area contributed by atoms with Gasteiger partial charge in [-0.2, -0.15) is 0 Å². The smallest absolute Gasteiger partial charge is 0.226 e. The molecule has 0 N–H and O–H groups in total. The van der Waals surface area contributed by atoms with Crippen molar-refractivity contribution in [2.45, 2.75) is 25.8 Å². The molecule has 1 fully saturated rings. The minimum Gasteiger partial charge on any atom is -0.493 e. The number of hydrogen-bond donors (Lipinski definition) is 0. The van der Waals surface area contributed by atoms with E-state index in [2.05, 4.69) is 0 Å². The molecule has 1 saturated carbocycles. The van der Waals surface area contributed by atoms with Gasteiger partial charge in [0.05, 0.1) is 14.2 Å². The molecule has 26 heavy (non-hydrogen) atoms. The zero-order valence-electron chi connectivity index (χ0n) is 15.4. The first-order chi connectivity index (χ1) is 12.6. The summed E-state index contributed by atoms with van der Waals surface area (Å²) in [4.78, 5) is 14.8. The van der Waals surface area contributed by atoms with Crippen LogP contribution in [0.5, 0.6) is 11.5 Å². The molecule has 0 saturated heterocycles. The third-order valence-electron chi connectivity index (χ3n) is 4.93. The lowest BCUT2D eigenvalue weighted by Crippen LogP contribution is -2.32. The van der Waals surface area contributed by atoms with Crippen molar-refractivity contribution in [1.29, 1.82) is 0 Å². The van der Waals surface area contributed by atoms with E-state index in [-0.39, 0.29) is 17.7 Å². The van der Waals surface area contributed by atoms with E-state index in [0.717, 1.165) is 22.6 Å². The lowest BCUT2D eigenvalue weighted by molar-refractivity contribution is -0.133. The minimum absolute atomic E-state index is 0.0231. The van der Waals surface area contributed by atoms with E-state index in [1.54, 1.807) is 14.2 Å². The molecule has 0 radical (unpaired) electrons. The number of carbonyl (C=O) groups excluding carboxylic acids is 1. The van der Waals surface area contributed by atoms with E-state index in [0.29, 0.717) is 24.6 Å². The zero-order chi connectivity index (χ0) is 18.7. The van der Waals surface area contributed by atoms with Gasteiger partial charge in [0.2, 0.25) is 5.91 Å². The number of hydrogen-bond acceptors (Lipinski definition) is 3. The molecule has 1 amide bonds. The van der Waals surface area contributed by atoms with Gasteiger partial charge < -0.3 is 14.4 Å². The average molecular weight is 374 g/mol. The highest BCUT2D eigenvalue weighted by Gasteiger charge is 2.46. The normalized spacial score (nSPS) is 18.3. The fourth-order valence-electron chi connectivity index (χ4n) is 3.37. The van der Waals surface area contributed by atoms with Gasteiger partial charge in [0.25, 0.3) is 0 Å². The molecule has 2 unspecified atom stereocenters. The van der Waals surface area contributed by atoms with Gasteiger partial charge in [-0.25, -0.2) is 0 Å². The Labute approximate surface area is 159 Å². The van der Waals surface area contributed by atoms with Crippen LogP contribution in [0.3, 0.4) is 0 Å². The third-order valence-corrected chi connectivity index (χ3v) is 5.27. The highest BCUT2D eigenvalue weighted by atomic mass is 35.5. The lowest BCUT2D eigenvalue weighted by atomic mass is 10.1. The molecule has 4 nitrogen and oxygen atoms in total. The topological polar surface area (TPSA) is 38.8 Å². The quantitative estimate of drug-likeness (QED) is 0.716. The van der Waals surface area contributed by atoms with Gasteiger partial charge in [-0.15, -0.1) is 0 Å². The van der Waals surface area contributed by atoms with Crippen molar-refractivity contribution in [2.24, 2.45) is 5.92 Å². The lowest BCUT2D eigenvalue weighted by Gasteiger charge is -2.22. The largest absolute Gasteiger partial charge is 0.493 e. The van der Waals surface area contributed by atoms with Crippen LogP contribution in [0, 0.1) is 5.92 Å². The number of methoxy groups -OCH3 is 2. The summed E-state index contributed by atoms with van der Waals surface area (Å²) in [5, 5.41) is 0.746. The summed E-state index contributed by atoms with van der Waals surface area (Å²) < 4.78 is 10.6. The third kappa shape index (κ3) is 3.80. The maximum Gasteiger partial charge on any atom is 0.226 e. The Morgan fingerprint density at radius 3 is 2.54 bits per heavy atom. The Morgan fingerprint density at radius 1 is 1.15 bits per heavy atom.